The van der Waals surface area contributed by atoms with Gasteiger partial charge in [0.2, 0.25) is 5.91 Å². The zero-order valence-electron chi connectivity index (χ0n) is 9.85. The Morgan fingerprint density at radius 3 is 2.74 bits per heavy atom. The second-order valence-electron chi connectivity index (χ2n) is 3.82. The molecule has 0 radical (unpaired) electrons. The summed E-state index contributed by atoms with van der Waals surface area (Å²) in [6, 6.07) is 8.29. The number of benzene rings is 1. The van der Waals surface area contributed by atoms with Crippen molar-refractivity contribution >= 4 is 34.8 Å². The molecule has 0 saturated heterocycles. The van der Waals surface area contributed by atoms with E-state index in [9.17, 15) is 9.59 Å². The molecule has 0 spiro atoms. The number of nitrogens with one attached hydrogen (secondary N) is 1. The average Bonchev–Trinajstić information content (AvgIpc) is 2.89. The van der Waals surface area contributed by atoms with Crippen molar-refractivity contribution in [2.24, 2.45) is 5.73 Å². The van der Waals surface area contributed by atoms with Crippen molar-refractivity contribution in [2.45, 2.75) is 6.54 Å². The van der Waals surface area contributed by atoms with E-state index in [1.807, 2.05) is 17.5 Å². The monoisotopic (exact) mass is 294 g/mol. The molecule has 0 unspecified atom stereocenters. The third-order valence-corrected chi connectivity index (χ3v) is 3.70. The van der Waals surface area contributed by atoms with Crippen LogP contribution in [0.25, 0.3) is 0 Å². The first-order valence-corrected chi connectivity index (χ1v) is 6.73. The third kappa shape index (κ3) is 3.33. The van der Waals surface area contributed by atoms with Crippen LogP contribution >= 0.6 is 22.9 Å². The quantitative estimate of drug-likeness (QED) is 0.909. The lowest BCUT2D eigenvalue weighted by Crippen LogP contribution is -2.23. The topological polar surface area (TPSA) is 72.2 Å². The Morgan fingerprint density at radius 2 is 2.11 bits per heavy atom. The molecule has 0 aliphatic carbocycles. The lowest BCUT2D eigenvalue weighted by Gasteiger charge is -2.06. The molecule has 0 aliphatic rings. The standard InChI is InChI=1S/C13H11ClN2O2S/c14-11-4-3-8(6-10(11)12(15)17)13(18)16-7-9-2-1-5-19-9/h1-6H,7H2,(H2,15,17)(H,16,18). The maximum Gasteiger partial charge on any atom is 0.251 e. The molecule has 3 N–H and O–H groups in total. The second-order valence-corrected chi connectivity index (χ2v) is 5.26. The van der Waals surface area contributed by atoms with Gasteiger partial charge < -0.3 is 11.1 Å². The molecular formula is C13H11ClN2O2S. The van der Waals surface area contributed by atoms with Crippen molar-refractivity contribution in [1.82, 2.24) is 5.32 Å². The van der Waals surface area contributed by atoms with E-state index >= 15 is 0 Å². The highest BCUT2D eigenvalue weighted by Crippen LogP contribution is 2.17. The minimum absolute atomic E-state index is 0.144. The molecule has 2 rings (SSSR count). The highest BCUT2D eigenvalue weighted by Gasteiger charge is 2.12. The van der Waals surface area contributed by atoms with Gasteiger partial charge in [-0.05, 0) is 29.6 Å². The van der Waals surface area contributed by atoms with Crippen LogP contribution in [0.2, 0.25) is 5.02 Å². The van der Waals surface area contributed by atoms with Crippen molar-refractivity contribution in [3.05, 3.63) is 56.7 Å². The van der Waals surface area contributed by atoms with Crippen LogP contribution in [-0.4, -0.2) is 11.8 Å². The van der Waals surface area contributed by atoms with Crippen LogP contribution in [0.15, 0.2) is 35.7 Å². The molecule has 0 atom stereocenters. The minimum Gasteiger partial charge on any atom is -0.366 e. The fourth-order valence-corrected chi connectivity index (χ4v) is 2.39. The van der Waals surface area contributed by atoms with Gasteiger partial charge in [0.15, 0.2) is 0 Å². The molecule has 1 aromatic heterocycles. The van der Waals surface area contributed by atoms with Crippen molar-refractivity contribution in [1.29, 1.82) is 0 Å². The molecule has 4 nitrogen and oxygen atoms in total. The molecule has 0 aliphatic heterocycles. The van der Waals surface area contributed by atoms with Gasteiger partial charge in [0.25, 0.3) is 5.91 Å². The van der Waals surface area contributed by atoms with Gasteiger partial charge in [0.1, 0.15) is 0 Å². The average molecular weight is 295 g/mol. The molecule has 98 valence electrons. The van der Waals surface area contributed by atoms with E-state index in [1.165, 1.54) is 12.1 Å². The summed E-state index contributed by atoms with van der Waals surface area (Å²) in [5, 5.41) is 4.94. The van der Waals surface area contributed by atoms with Gasteiger partial charge in [0.05, 0.1) is 17.1 Å². The van der Waals surface area contributed by atoms with E-state index in [1.54, 1.807) is 17.4 Å². The molecule has 6 heteroatoms. The third-order valence-electron chi connectivity index (χ3n) is 2.50. The van der Waals surface area contributed by atoms with Crippen LogP contribution in [-0.2, 0) is 6.54 Å². The summed E-state index contributed by atoms with van der Waals surface area (Å²) in [5.41, 5.74) is 5.68. The van der Waals surface area contributed by atoms with E-state index in [4.69, 9.17) is 17.3 Å². The van der Waals surface area contributed by atoms with Crippen LogP contribution < -0.4 is 11.1 Å². The molecule has 1 aromatic carbocycles. The molecule has 2 amide bonds. The van der Waals surface area contributed by atoms with Crippen molar-refractivity contribution in [2.75, 3.05) is 0 Å². The van der Waals surface area contributed by atoms with E-state index in [0.29, 0.717) is 12.1 Å². The Bertz CT molecular complexity index is 611. The maximum atomic E-state index is 11.9. The number of hydrogen-bond acceptors (Lipinski definition) is 3. The Hall–Kier alpha value is -1.85. The first-order chi connectivity index (χ1) is 9.08. The summed E-state index contributed by atoms with van der Waals surface area (Å²) >= 11 is 7.38. The predicted molar refractivity (Wildman–Crippen MR) is 75.5 cm³/mol. The summed E-state index contributed by atoms with van der Waals surface area (Å²) in [7, 11) is 0. The van der Waals surface area contributed by atoms with Crippen LogP contribution in [0.1, 0.15) is 25.6 Å². The minimum atomic E-state index is -0.655. The first kappa shape index (κ1) is 13.6. The number of nitrogens with two attached hydrogens (primary N) is 1. The highest BCUT2D eigenvalue weighted by molar-refractivity contribution is 7.09. The summed E-state index contributed by atoms with van der Waals surface area (Å²) in [6.45, 7) is 0.449. The number of thiophene rings is 1. The zero-order valence-corrected chi connectivity index (χ0v) is 11.4. The number of halogens is 1. The number of carbonyl (C=O) groups excluding carboxylic acids is 2. The molecule has 0 bridgehead atoms. The maximum absolute atomic E-state index is 11.9. The summed E-state index contributed by atoms with van der Waals surface area (Å²) in [4.78, 5) is 24.1. The smallest absolute Gasteiger partial charge is 0.251 e. The van der Waals surface area contributed by atoms with Crippen LogP contribution in [0.4, 0.5) is 0 Å². The normalized spacial score (nSPS) is 10.2. The summed E-state index contributed by atoms with van der Waals surface area (Å²) in [5.74, 6) is -0.925. The predicted octanol–water partition coefficient (Wildman–Crippen LogP) is 2.43. The van der Waals surface area contributed by atoms with Gasteiger partial charge in [0, 0.05) is 10.4 Å². The fourth-order valence-electron chi connectivity index (χ4n) is 1.54. The van der Waals surface area contributed by atoms with Crippen molar-refractivity contribution in [3.63, 3.8) is 0 Å². The van der Waals surface area contributed by atoms with E-state index < -0.39 is 5.91 Å². The number of carbonyl (C=O) groups is 2. The Kier molecular flexibility index (Phi) is 4.19. The number of amides is 2. The molecule has 1 heterocycles. The molecule has 0 fully saturated rings. The largest absolute Gasteiger partial charge is 0.366 e. The van der Waals surface area contributed by atoms with E-state index in [-0.39, 0.29) is 16.5 Å². The molecular weight excluding hydrogens is 284 g/mol. The molecule has 0 saturated carbocycles. The Morgan fingerprint density at radius 1 is 1.32 bits per heavy atom. The number of primary amides is 1. The Labute approximate surface area is 119 Å². The fraction of sp³-hybridized carbons (Fsp3) is 0.0769. The Balaban J connectivity index is 2.11. The lowest BCUT2D eigenvalue weighted by atomic mass is 10.1. The summed E-state index contributed by atoms with van der Waals surface area (Å²) in [6.07, 6.45) is 0. The van der Waals surface area contributed by atoms with Gasteiger partial charge in [-0.2, -0.15) is 0 Å². The SMILES string of the molecule is NC(=O)c1cc(C(=O)NCc2cccs2)ccc1Cl. The van der Waals surface area contributed by atoms with Crippen molar-refractivity contribution in [3.8, 4) is 0 Å². The van der Waals surface area contributed by atoms with Crippen molar-refractivity contribution < 1.29 is 9.59 Å². The van der Waals surface area contributed by atoms with Crippen LogP contribution in [0.5, 0.6) is 0 Å². The zero-order chi connectivity index (χ0) is 13.8. The number of rotatable bonds is 4. The highest BCUT2D eigenvalue weighted by atomic mass is 35.5. The van der Waals surface area contributed by atoms with E-state index in [2.05, 4.69) is 5.32 Å². The second kappa shape index (κ2) is 5.86. The molecule has 2 aromatic rings. The first-order valence-electron chi connectivity index (χ1n) is 5.48. The van der Waals surface area contributed by atoms with Gasteiger partial charge >= 0.3 is 0 Å². The van der Waals surface area contributed by atoms with Crippen LogP contribution in [0.3, 0.4) is 0 Å². The van der Waals surface area contributed by atoms with Gasteiger partial charge in [-0.3, -0.25) is 9.59 Å². The molecule has 19 heavy (non-hydrogen) atoms. The number of hydrogen-bond donors (Lipinski definition) is 2. The van der Waals surface area contributed by atoms with Crippen LogP contribution in [0, 0.1) is 0 Å². The van der Waals surface area contributed by atoms with Gasteiger partial charge in [-0.25, -0.2) is 0 Å². The summed E-state index contributed by atoms with van der Waals surface area (Å²) < 4.78 is 0. The van der Waals surface area contributed by atoms with E-state index in [0.717, 1.165) is 4.88 Å². The lowest BCUT2D eigenvalue weighted by molar-refractivity contribution is 0.0951. The van der Waals surface area contributed by atoms with Gasteiger partial charge in [-0.1, -0.05) is 17.7 Å². The van der Waals surface area contributed by atoms with Gasteiger partial charge in [-0.15, -0.1) is 11.3 Å².